The summed E-state index contributed by atoms with van der Waals surface area (Å²) >= 11 is 4.75. The lowest BCUT2D eigenvalue weighted by Crippen LogP contribution is -2.02. The molecule has 0 radical (unpaired) electrons. The first-order valence-corrected chi connectivity index (χ1v) is 6.02. The topological polar surface area (TPSA) is 73.7 Å². The molecule has 0 aliphatic rings. The van der Waals surface area contributed by atoms with Crippen molar-refractivity contribution in [2.24, 2.45) is 0 Å². The highest BCUT2D eigenvalue weighted by molar-refractivity contribution is 7.80. The molecule has 0 aliphatic heterocycles. The van der Waals surface area contributed by atoms with Crippen LogP contribution in [-0.4, -0.2) is 34.3 Å². The van der Waals surface area contributed by atoms with Crippen LogP contribution in [0.25, 0.3) is 0 Å². The van der Waals surface area contributed by atoms with Crippen molar-refractivity contribution >= 4 is 17.3 Å². The zero-order chi connectivity index (χ0) is 14.5. The molecular formula is C13H12N2O4S. The van der Waals surface area contributed by atoms with Gasteiger partial charge in [0, 0.05) is 0 Å². The van der Waals surface area contributed by atoms with Crippen LogP contribution in [0.15, 0.2) is 30.3 Å². The number of aromatic nitrogens is 2. The number of aliphatic hydroxyl groups excluding tert-OH is 1. The Kier molecular flexibility index (Phi) is 4.31. The van der Waals surface area contributed by atoms with Gasteiger partial charge in [0.2, 0.25) is 11.8 Å². The van der Waals surface area contributed by atoms with Crippen LogP contribution in [0, 0.1) is 0 Å². The van der Waals surface area contributed by atoms with Gasteiger partial charge in [0.1, 0.15) is 5.75 Å². The van der Waals surface area contributed by atoms with Gasteiger partial charge in [-0.2, -0.15) is 9.97 Å². The molecule has 0 fully saturated rings. The van der Waals surface area contributed by atoms with Gasteiger partial charge in [-0.05, 0) is 24.4 Å². The summed E-state index contributed by atoms with van der Waals surface area (Å²) in [4.78, 5) is 8.07. The van der Waals surface area contributed by atoms with Crippen LogP contribution in [0.4, 0.5) is 0 Å². The second kappa shape index (κ2) is 6.16. The summed E-state index contributed by atoms with van der Waals surface area (Å²) in [6, 6.07) is 8.31. The van der Waals surface area contributed by atoms with Gasteiger partial charge in [0.05, 0.1) is 25.8 Å². The number of rotatable bonds is 5. The number of hydrogen-bond acceptors (Lipinski definition) is 6. The normalized spacial score (nSPS) is 9.90. The van der Waals surface area contributed by atoms with Crippen LogP contribution in [0.1, 0.15) is 5.56 Å². The van der Waals surface area contributed by atoms with Gasteiger partial charge in [0.25, 0.3) is 0 Å². The maximum atomic E-state index is 9.45. The lowest BCUT2D eigenvalue weighted by molar-refractivity contribution is 0.347. The third kappa shape index (κ3) is 3.12. The molecule has 0 saturated carbocycles. The van der Waals surface area contributed by atoms with Crippen LogP contribution in [-0.2, 0) is 0 Å². The van der Waals surface area contributed by atoms with Crippen molar-refractivity contribution in [1.82, 2.24) is 9.97 Å². The highest BCUT2D eigenvalue weighted by Crippen LogP contribution is 2.26. The molecule has 7 heteroatoms. The Bertz CT molecular complexity index is 611. The lowest BCUT2D eigenvalue weighted by atomic mass is 10.2. The van der Waals surface area contributed by atoms with E-state index in [4.69, 9.17) is 26.4 Å². The fourth-order valence-electron chi connectivity index (χ4n) is 1.47. The summed E-state index contributed by atoms with van der Waals surface area (Å²) in [6.07, 6.45) is 0. The van der Waals surface area contributed by atoms with Gasteiger partial charge in [-0.15, -0.1) is 0 Å². The second-order valence-electron chi connectivity index (χ2n) is 3.64. The van der Waals surface area contributed by atoms with E-state index < -0.39 is 0 Å². The molecule has 2 rings (SSSR count). The predicted molar refractivity (Wildman–Crippen MR) is 76.0 cm³/mol. The van der Waals surface area contributed by atoms with E-state index in [0.29, 0.717) is 23.1 Å². The number of nitrogens with zero attached hydrogens (tertiary/aromatic N) is 2. The first-order chi connectivity index (χ1) is 9.63. The van der Waals surface area contributed by atoms with Crippen LogP contribution >= 0.6 is 12.2 Å². The van der Waals surface area contributed by atoms with E-state index in [0.717, 1.165) is 0 Å². The Balaban J connectivity index is 2.37. The van der Waals surface area contributed by atoms with Gasteiger partial charge in [-0.3, -0.25) is 0 Å². The maximum absolute atomic E-state index is 9.45. The molecule has 2 aromatic rings. The molecule has 104 valence electrons. The summed E-state index contributed by atoms with van der Waals surface area (Å²) in [5, 5.41) is 9.18. The Morgan fingerprint density at radius 2 is 1.70 bits per heavy atom. The van der Waals surface area contributed by atoms with E-state index in [-0.39, 0.29) is 11.1 Å². The molecule has 1 N–H and O–H groups in total. The first-order valence-electron chi connectivity index (χ1n) is 5.61. The average molecular weight is 292 g/mol. The molecule has 0 saturated heterocycles. The number of aliphatic hydroxyl groups is 1. The second-order valence-corrected chi connectivity index (χ2v) is 4.03. The number of ether oxygens (including phenoxy) is 3. The zero-order valence-electron chi connectivity index (χ0n) is 10.9. The molecule has 0 atom stereocenters. The van der Waals surface area contributed by atoms with E-state index in [2.05, 4.69) is 9.97 Å². The molecule has 0 bridgehead atoms. The molecule has 1 aromatic carbocycles. The van der Waals surface area contributed by atoms with Crippen molar-refractivity contribution in [3.8, 4) is 23.5 Å². The van der Waals surface area contributed by atoms with E-state index >= 15 is 0 Å². The average Bonchev–Trinajstić information content (AvgIpc) is 2.47. The van der Waals surface area contributed by atoms with Crippen LogP contribution in [0.3, 0.4) is 0 Å². The molecule has 6 nitrogen and oxygen atoms in total. The molecule has 0 spiro atoms. The fourth-order valence-corrected chi connectivity index (χ4v) is 1.64. The van der Waals surface area contributed by atoms with Gasteiger partial charge in [-0.1, -0.05) is 12.1 Å². The summed E-state index contributed by atoms with van der Waals surface area (Å²) in [5.74, 6) is 0.946. The third-order valence-corrected chi connectivity index (χ3v) is 2.62. The lowest BCUT2D eigenvalue weighted by Gasteiger charge is -2.09. The predicted octanol–water partition coefficient (Wildman–Crippen LogP) is 2.52. The van der Waals surface area contributed by atoms with E-state index in [9.17, 15) is 5.11 Å². The smallest absolute Gasteiger partial charge is 0.328 e. The molecule has 0 unspecified atom stereocenters. The minimum absolute atomic E-state index is 0.0323. The van der Waals surface area contributed by atoms with Crippen LogP contribution in [0.2, 0.25) is 0 Å². The SMILES string of the molecule is COc1cc(OC)nc(Oc2ccccc2C(O)=S)n1. The Morgan fingerprint density at radius 3 is 2.25 bits per heavy atom. The summed E-state index contributed by atoms with van der Waals surface area (Å²) in [6.45, 7) is 0. The summed E-state index contributed by atoms with van der Waals surface area (Å²) < 4.78 is 15.6. The number of hydrogen-bond donors (Lipinski definition) is 1. The Labute approximate surface area is 121 Å². The largest absolute Gasteiger partial charge is 0.498 e. The van der Waals surface area contributed by atoms with Crippen molar-refractivity contribution in [3.05, 3.63) is 35.9 Å². The standard InChI is InChI=1S/C13H12N2O4S/c1-17-10-7-11(18-2)15-13(14-10)19-9-6-4-3-5-8(9)12(16)20/h3-7H,1-2H3,(H,16,20). The van der Waals surface area contributed by atoms with E-state index in [1.165, 1.54) is 20.3 Å². The molecular weight excluding hydrogens is 280 g/mol. The van der Waals surface area contributed by atoms with Crippen molar-refractivity contribution in [3.63, 3.8) is 0 Å². The number of benzene rings is 1. The van der Waals surface area contributed by atoms with E-state index in [1.807, 2.05) is 0 Å². The van der Waals surface area contributed by atoms with Gasteiger partial charge >= 0.3 is 6.01 Å². The number of para-hydroxylation sites is 1. The van der Waals surface area contributed by atoms with Crippen LogP contribution < -0.4 is 14.2 Å². The first kappa shape index (κ1) is 14.0. The van der Waals surface area contributed by atoms with Crippen molar-refractivity contribution in [2.45, 2.75) is 0 Å². The van der Waals surface area contributed by atoms with Crippen molar-refractivity contribution in [2.75, 3.05) is 14.2 Å². The zero-order valence-corrected chi connectivity index (χ0v) is 11.7. The fraction of sp³-hybridized carbons (Fsp3) is 0.154. The van der Waals surface area contributed by atoms with Gasteiger partial charge < -0.3 is 19.3 Å². The van der Waals surface area contributed by atoms with Crippen molar-refractivity contribution < 1.29 is 19.3 Å². The van der Waals surface area contributed by atoms with Crippen molar-refractivity contribution in [1.29, 1.82) is 0 Å². The third-order valence-electron chi connectivity index (χ3n) is 2.40. The number of thiocarbonyl (C=S) groups is 1. The maximum Gasteiger partial charge on any atom is 0.328 e. The van der Waals surface area contributed by atoms with E-state index in [1.54, 1.807) is 24.3 Å². The highest BCUT2D eigenvalue weighted by Gasteiger charge is 2.12. The Morgan fingerprint density at radius 1 is 1.10 bits per heavy atom. The molecule has 1 heterocycles. The van der Waals surface area contributed by atoms with Gasteiger partial charge in [-0.25, -0.2) is 0 Å². The molecule has 20 heavy (non-hydrogen) atoms. The minimum Gasteiger partial charge on any atom is -0.498 e. The highest BCUT2D eigenvalue weighted by atomic mass is 32.1. The molecule has 0 aliphatic carbocycles. The summed E-state index contributed by atoms with van der Waals surface area (Å²) in [7, 11) is 2.95. The summed E-state index contributed by atoms with van der Waals surface area (Å²) in [5.41, 5.74) is 0.382. The minimum atomic E-state index is -0.268. The van der Waals surface area contributed by atoms with Crippen LogP contribution in [0.5, 0.6) is 23.5 Å². The monoisotopic (exact) mass is 292 g/mol. The molecule has 0 amide bonds. The molecule has 1 aromatic heterocycles. The quantitative estimate of drug-likeness (QED) is 0.849. The van der Waals surface area contributed by atoms with Gasteiger partial charge in [0.15, 0.2) is 5.05 Å². The number of methoxy groups -OCH3 is 2. The Hall–Kier alpha value is -2.41.